The molecule has 1 aromatic carbocycles. The van der Waals surface area contributed by atoms with Gasteiger partial charge in [0.2, 0.25) is 0 Å². The van der Waals surface area contributed by atoms with Crippen LogP contribution in [0.3, 0.4) is 0 Å². The fraction of sp³-hybridized carbons (Fsp3) is 0.462. The zero-order chi connectivity index (χ0) is 14.1. The Balaban J connectivity index is 2.49. The summed E-state index contributed by atoms with van der Waals surface area (Å²) in [5, 5.41) is 22.9. The molecule has 0 saturated carbocycles. The molecule has 1 aromatic rings. The van der Waals surface area contributed by atoms with Crippen LogP contribution in [-0.2, 0) is 0 Å². The smallest absolute Gasteiger partial charge is 0.282 e. The van der Waals surface area contributed by atoms with Crippen LogP contribution >= 0.6 is 11.8 Å². The van der Waals surface area contributed by atoms with E-state index in [0.29, 0.717) is 17.1 Å². The predicted molar refractivity (Wildman–Crippen MR) is 76.1 cm³/mol. The van der Waals surface area contributed by atoms with Crippen molar-refractivity contribution in [2.45, 2.75) is 30.7 Å². The minimum absolute atomic E-state index is 0.127. The van der Waals surface area contributed by atoms with Crippen LogP contribution in [0.5, 0.6) is 0 Å². The molecule has 0 aromatic heterocycles. The van der Waals surface area contributed by atoms with Crippen LogP contribution in [0.1, 0.15) is 19.8 Å². The maximum Gasteiger partial charge on any atom is 0.282 e. The van der Waals surface area contributed by atoms with Gasteiger partial charge < -0.3 is 5.32 Å². The molecule has 0 aliphatic carbocycles. The third kappa shape index (κ3) is 5.28. The van der Waals surface area contributed by atoms with Gasteiger partial charge in [0, 0.05) is 11.8 Å². The molecule has 0 heterocycles. The van der Waals surface area contributed by atoms with Gasteiger partial charge in [-0.25, -0.2) is 0 Å². The Morgan fingerprint density at radius 2 is 2.26 bits per heavy atom. The van der Waals surface area contributed by atoms with Crippen LogP contribution in [0.25, 0.3) is 0 Å². The maximum absolute atomic E-state index is 10.8. The van der Waals surface area contributed by atoms with Gasteiger partial charge in [-0.15, -0.1) is 11.8 Å². The number of nitriles is 1. The normalized spacial score (nSPS) is 11.8. The highest BCUT2D eigenvalue weighted by Gasteiger charge is 2.13. The van der Waals surface area contributed by atoms with E-state index in [9.17, 15) is 10.1 Å². The van der Waals surface area contributed by atoms with Crippen LogP contribution in [0, 0.1) is 21.4 Å². The Bertz CT molecular complexity index is 459. The third-order valence-electron chi connectivity index (χ3n) is 2.52. The molecule has 1 atom stereocenters. The average molecular weight is 279 g/mol. The minimum Gasteiger partial charge on any atom is -0.302 e. The lowest BCUT2D eigenvalue weighted by Gasteiger charge is -2.10. The summed E-state index contributed by atoms with van der Waals surface area (Å²) in [4.78, 5) is 11.1. The van der Waals surface area contributed by atoms with E-state index in [2.05, 4.69) is 11.4 Å². The van der Waals surface area contributed by atoms with E-state index in [4.69, 9.17) is 5.26 Å². The van der Waals surface area contributed by atoms with E-state index >= 15 is 0 Å². The SMILES string of the molecule is CCCNC(C#N)CCSc1ccccc1[N+](=O)[O-]. The molecule has 0 aliphatic rings. The van der Waals surface area contributed by atoms with Crippen molar-refractivity contribution < 1.29 is 4.92 Å². The molecule has 6 heteroatoms. The molecule has 19 heavy (non-hydrogen) atoms. The van der Waals surface area contributed by atoms with Crippen LogP contribution in [0.4, 0.5) is 5.69 Å². The fourth-order valence-corrected chi connectivity index (χ4v) is 2.59. The van der Waals surface area contributed by atoms with Gasteiger partial charge in [0.15, 0.2) is 0 Å². The van der Waals surface area contributed by atoms with Gasteiger partial charge in [0.25, 0.3) is 5.69 Å². The molecule has 102 valence electrons. The second kappa shape index (κ2) is 8.51. The first-order valence-electron chi connectivity index (χ1n) is 6.18. The second-order valence-electron chi connectivity index (χ2n) is 4.00. The highest BCUT2D eigenvalue weighted by atomic mass is 32.2. The van der Waals surface area contributed by atoms with Crippen molar-refractivity contribution in [3.8, 4) is 6.07 Å². The van der Waals surface area contributed by atoms with Crippen molar-refractivity contribution in [1.82, 2.24) is 5.32 Å². The molecule has 5 nitrogen and oxygen atoms in total. The number of hydrogen-bond acceptors (Lipinski definition) is 5. The van der Waals surface area contributed by atoms with Crippen LogP contribution in [-0.4, -0.2) is 23.3 Å². The molecule has 0 saturated heterocycles. The molecule has 0 radical (unpaired) electrons. The lowest BCUT2D eigenvalue weighted by atomic mass is 10.2. The average Bonchev–Trinajstić information content (AvgIpc) is 2.43. The number of nitro groups is 1. The quantitative estimate of drug-likeness (QED) is 0.449. The number of nitrogens with zero attached hydrogens (tertiary/aromatic N) is 2. The topological polar surface area (TPSA) is 79.0 Å². The number of hydrogen-bond donors (Lipinski definition) is 1. The second-order valence-corrected chi connectivity index (χ2v) is 5.13. The molecule has 0 fully saturated rings. The summed E-state index contributed by atoms with van der Waals surface area (Å²) in [7, 11) is 0. The lowest BCUT2D eigenvalue weighted by molar-refractivity contribution is -0.387. The summed E-state index contributed by atoms with van der Waals surface area (Å²) >= 11 is 1.42. The van der Waals surface area contributed by atoms with Gasteiger partial charge in [-0.05, 0) is 25.5 Å². The predicted octanol–water partition coefficient (Wildman–Crippen LogP) is 2.97. The van der Waals surface area contributed by atoms with Gasteiger partial charge in [-0.3, -0.25) is 10.1 Å². The number of thioether (sulfide) groups is 1. The van der Waals surface area contributed by atoms with Crippen LogP contribution in [0.15, 0.2) is 29.2 Å². The first kappa shape index (κ1) is 15.5. The van der Waals surface area contributed by atoms with E-state index in [1.165, 1.54) is 17.8 Å². The third-order valence-corrected chi connectivity index (χ3v) is 3.62. The van der Waals surface area contributed by atoms with Crippen molar-refractivity contribution in [3.63, 3.8) is 0 Å². The summed E-state index contributed by atoms with van der Waals surface area (Å²) in [6.07, 6.45) is 1.66. The number of nitrogens with one attached hydrogen (secondary N) is 1. The summed E-state index contributed by atoms with van der Waals surface area (Å²) < 4.78 is 0. The Labute approximate surface area is 117 Å². The Kier molecular flexibility index (Phi) is 6.93. The fourth-order valence-electron chi connectivity index (χ4n) is 1.55. The minimum atomic E-state index is -0.376. The Morgan fingerprint density at radius 1 is 1.53 bits per heavy atom. The van der Waals surface area contributed by atoms with Crippen LogP contribution < -0.4 is 5.32 Å². The van der Waals surface area contributed by atoms with Gasteiger partial charge in [-0.1, -0.05) is 19.1 Å². The van der Waals surface area contributed by atoms with Gasteiger partial charge in [-0.2, -0.15) is 5.26 Å². The standard InChI is InChI=1S/C13H17N3O2S/c1-2-8-15-11(10-14)7-9-19-13-6-4-3-5-12(13)16(17)18/h3-6,11,15H,2,7-9H2,1H3. The summed E-state index contributed by atoms with van der Waals surface area (Å²) in [5.74, 6) is 0.680. The highest BCUT2D eigenvalue weighted by molar-refractivity contribution is 7.99. The molecule has 1 N–H and O–H groups in total. The lowest BCUT2D eigenvalue weighted by Crippen LogP contribution is -2.28. The van der Waals surface area contributed by atoms with E-state index in [0.717, 1.165) is 13.0 Å². The number of nitro benzene ring substituents is 1. The molecule has 0 amide bonds. The van der Waals surface area contributed by atoms with Gasteiger partial charge >= 0.3 is 0 Å². The van der Waals surface area contributed by atoms with E-state index in [-0.39, 0.29) is 16.7 Å². The maximum atomic E-state index is 10.8. The number of benzene rings is 1. The molecular weight excluding hydrogens is 262 g/mol. The first-order chi connectivity index (χ1) is 9.19. The molecule has 1 unspecified atom stereocenters. The molecule has 0 spiro atoms. The molecule has 0 bridgehead atoms. The Hall–Kier alpha value is -1.58. The van der Waals surface area contributed by atoms with E-state index < -0.39 is 0 Å². The first-order valence-corrected chi connectivity index (χ1v) is 7.16. The van der Waals surface area contributed by atoms with Crippen molar-refractivity contribution in [2.75, 3.05) is 12.3 Å². The molecular formula is C13H17N3O2S. The zero-order valence-corrected chi connectivity index (χ0v) is 11.7. The largest absolute Gasteiger partial charge is 0.302 e. The summed E-state index contributed by atoms with van der Waals surface area (Å²) in [6, 6.07) is 8.70. The Morgan fingerprint density at radius 3 is 2.89 bits per heavy atom. The molecule has 0 aliphatic heterocycles. The van der Waals surface area contributed by atoms with E-state index in [1.807, 2.05) is 6.92 Å². The van der Waals surface area contributed by atoms with Crippen molar-refractivity contribution >= 4 is 17.4 Å². The van der Waals surface area contributed by atoms with E-state index in [1.54, 1.807) is 18.2 Å². The van der Waals surface area contributed by atoms with Gasteiger partial charge in [0.05, 0.1) is 21.9 Å². The summed E-state index contributed by atoms with van der Waals surface area (Å²) in [5.41, 5.74) is 0.127. The highest BCUT2D eigenvalue weighted by Crippen LogP contribution is 2.29. The van der Waals surface area contributed by atoms with Gasteiger partial charge in [0.1, 0.15) is 0 Å². The summed E-state index contributed by atoms with van der Waals surface area (Å²) in [6.45, 7) is 2.86. The van der Waals surface area contributed by atoms with Crippen LogP contribution in [0.2, 0.25) is 0 Å². The zero-order valence-electron chi connectivity index (χ0n) is 10.8. The number of para-hydroxylation sites is 1. The van der Waals surface area contributed by atoms with Crippen molar-refractivity contribution in [1.29, 1.82) is 5.26 Å². The van der Waals surface area contributed by atoms with Crippen molar-refractivity contribution in [3.05, 3.63) is 34.4 Å². The monoisotopic (exact) mass is 279 g/mol. The van der Waals surface area contributed by atoms with Crippen molar-refractivity contribution in [2.24, 2.45) is 0 Å². The number of rotatable bonds is 8. The molecule has 1 rings (SSSR count).